The summed E-state index contributed by atoms with van der Waals surface area (Å²) in [6, 6.07) is 2.38. The molecule has 0 bridgehead atoms. The van der Waals surface area contributed by atoms with Gasteiger partial charge in [0, 0.05) is 11.1 Å². The van der Waals surface area contributed by atoms with Crippen LogP contribution in [0.1, 0.15) is 5.56 Å². The largest absolute Gasteiger partial charge is 0.417 e. The first-order valence-electron chi connectivity index (χ1n) is 6.30. The maximum atomic E-state index is 13.0. The number of hydrogen-bond acceptors (Lipinski definition) is 3. The number of halogens is 5. The molecule has 1 aliphatic carbocycles. The number of alkyl halides is 3. The van der Waals surface area contributed by atoms with E-state index in [0.29, 0.717) is 19.2 Å². The Balaban J connectivity index is 0.00000176. The van der Waals surface area contributed by atoms with E-state index in [1.165, 1.54) is 0 Å². The van der Waals surface area contributed by atoms with Crippen LogP contribution in [0.15, 0.2) is 23.1 Å². The molecule has 2 fully saturated rings. The number of rotatable bonds is 3. The van der Waals surface area contributed by atoms with Gasteiger partial charge >= 0.3 is 6.18 Å². The zero-order chi connectivity index (χ0) is 15.4. The summed E-state index contributed by atoms with van der Waals surface area (Å²) in [5.74, 6) is 0.336. The molecule has 3 rings (SSSR count). The Morgan fingerprint density at radius 2 is 1.82 bits per heavy atom. The van der Waals surface area contributed by atoms with E-state index in [1.807, 2.05) is 0 Å². The summed E-state index contributed by atoms with van der Waals surface area (Å²) in [6.45, 7) is 1.37. The van der Waals surface area contributed by atoms with E-state index in [0.717, 1.165) is 12.1 Å². The second kappa shape index (κ2) is 5.83. The van der Waals surface area contributed by atoms with Crippen LogP contribution in [0, 0.1) is 11.8 Å². The lowest BCUT2D eigenvalue weighted by Crippen LogP contribution is -2.33. The molecule has 22 heavy (non-hydrogen) atoms. The van der Waals surface area contributed by atoms with Gasteiger partial charge in [-0.25, -0.2) is 13.1 Å². The Labute approximate surface area is 136 Å². The Hall–Kier alpha value is -0.540. The van der Waals surface area contributed by atoms with Gasteiger partial charge in [-0.05, 0) is 43.1 Å². The molecule has 124 valence electrons. The highest BCUT2D eigenvalue weighted by Crippen LogP contribution is 2.43. The second-order valence-corrected chi connectivity index (χ2v) is 7.39. The molecule has 1 saturated carbocycles. The van der Waals surface area contributed by atoms with Crippen molar-refractivity contribution >= 4 is 34.0 Å². The summed E-state index contributed by atoms with van der Waals surface area (Å²) in [5, 5.41) is 2.93. The summed E-state index contributed by atoms with van der Waals surface area (Å²) in [7, 11) is -4.23. The number of benzene rings is 1. The van der Waals surface area contributed by atoms with Crippen molar-refractivity contribution in [2.75, 3.05) is 13.1 Å². The van der Waals surface area contributed by atoms with Gasteiger partial charge in [-0.2, -0.15) is 13.2 Å². The number of nitrogens with one attached hydrogen (secondary N) is 2. The molecule has 1 aromatic carbocycles. The third kappa shape index (κ3) is 3.21. The lowest BCUT2D eigenvalue weighted by atomic mass is 10.2. The molecule has 2 aliphatic rings. The monoisotopic (exact) mass is 376 g/mol. The third-order valence-electron chi connectivity index (χ3n) is 3.92. The van der Waals surface area contributed by atoms with Crippen molar-refractivity contribution in [3.05, 3.63) is 28.8 Å². The van der Waals surface area contributed by atoms with Crippen molar-refractivity contribution in [2.24, 2.45) is 11.8 Å². The van der Waals surface area contributed by atoms with Crippen molar-refractivity contribution in [1.29, 1.82) is 0 Å². The highest BCUT2D eigenvalue weighted by atomic mass is 35.5. The van der Waals surface area contributed by atoms with Crippen molar-refractivity contribution in [1.82, 2.24) is 10.0 Å². The zero-order valence-corrected chi connectivity index (χ0v) is 13.4. The fourth-order valence-corrected chi connectivity index (χ4v) is 4.51. The molecule has 1 aromatic rings. The van der Waals surface area contributed by atoms with Crippen LogP contribution in [0.5, 0.6) is 0 Å². The molecule has 0 amide bonds. The first kappa shape index (κ1) is 17.8. The van der Waals surface area contributed by atoms with Crippen molar-refractivity contribution < 1.29 is 21.6 Å². The lowest BCUT2D eigenvalue weighted by molar-refractivity contribution is -0.139. The average Bonchev–Trinajstić information content (AvgIpc) is 2.82. The minimum Gasteiger partial charge on any atom is -0.316 e. The van der Waals surface area contributed by atoms with E-state index in [2.05, 4.69) is 10.0 Å². The van der Waals surface area contributed by atoms with Crippen molar-refractivity contribution in [3.8, 4) is 0 Å². The summed E-state index contributed by atoms with van der Waals surface area (Å²) in [5.41, 5.74) is -1.24. The molecule has 0 spiro atoms. The van der Waals surface area contributed by atoms with Gasteiger partial charge in [0.25, 0.3) is 0 Å². The molecule has 1 heterocycles. The van der Waals surface area contributed by atoms with Crippen LogP contribution in [-0.4, -0.2) is 27.5 Å². The number of sulfonamides is 1. The highest BCUT2D eigenvalue weighted by Gasteiger charge is 2.54. The van der Waals surface area contributed by atoms with E-state index in [-0.39, 0.29) is 35.3 Å². The molecule has 1 aliphatic heterocycles. The number of piperidine rings is 1. The molecule has 0 aromatic heterocycles. The Morgan fingerprint density at radius 3 is 2.36 bits per heavy atom. The van der Waals surface area contributed by atoms with Crippen LogP contribution in [0.3, 0.4) is 0 Å². The highest BCUT2D eigenvalue weighted by molar-refractivity contribution is 7.89. The van der Waals surface area contributed by atoms with Gasteiger partial charge in [-0.1, -0.05) is 11.6 Å². The van der Waals surface area contributed by atoms with Crippen LogP contribution in [0.25, 0.3) is 0 Å². The van der Waals surface area contributed by atoms with Crippen LogP contribution >= 0.6 is 24.0 Å². The number of hydrogen-bond donors (Lipinski definition) is 2. The minimum atomic E-state index is -4.78. The predicted molar refractivity (Wildman–Crippen MR) is 77.7 cm³/mol. The van der Waals surface area contributed by atoms with E-state index in [4.69, 9.17) is 11.6 Å². The normalized spacial score (nSPS) is 27.2. The van der Waals surface area contributed by atoms with Crippen LogP contribution < -0.4 is 10.0 Å². The van der Waals surface area contributed by atoms with E-state index >= 15 is 0 Å². The smallest absolute Gasteiger partial charge is 0.316 e. The molecule has 1 saturated heterocycles. The van der Waals surface area contributed by atoms with Crippen LogP contribution in [0.4, 0.5) is 13.2 Å². The fraction of sp³-hybridized carbons (Fsp3) is 0.500. The molecule has 2 atom stereocenters. The Morgan fingerprint density at radius 1 is 1.23 bits per heavy atom. The summed E-state index contributed by atoms with van der Waals surface area (Å²) >= 11 is 5.55. The molecule has 4 nitrogen and oxygen atoms in total. The zero-order valence-electron chi connectivity index (χ0n) is 11.0. The van der Waals surface area contributed by atoms with Gasteiger partial charge < -0.3 is 5.32 Å². The van der Waals surface area contributed by atoms with Crippen molar-refractivity contribution in [3.63, 3.8) is 0 Å². The predicted octanol–water partition coefficient (Wildman–Crippen LogP) is 2.28. The second-order valence-electron chi connectivity index (χ2n) is 5.27. The summed E-state index contributed by atoms with van der Waals surface area (Å²) in [4.78, 5) is -0.780. The maximum absolute atomic E-state index is 13.0. The molecule has 2 N–H and O–H groups in total. The average molecular weight is 377 g/mol. The topological polar surface area (TPSA) is 58.2 Å². The van der Waals surface area contributed by atoms with E-state index in [9.17, 15) is 21.6 Å². The maximum Gasteiger partial charge on any atom is 0.417 e. The van der Waals surface area contributed by atoms with Crippen molar-refractivity contribution in [2.45, 2.75) is 17.1 Å². The quantitative estimate of drug-likeness (QED) is 0.850. The first-order valence-corrected chi connectivity index (χ1v) is 8.16. The lowest BCUT2D eigenvalue weighted by Gasteiger charge is -2.15. The summed E-state index contributed by atoms with van der Waals surface area (Å²) < 4.78 is 65.8. The van der Waals surface area contributed by atoms with Gasteiger partial charge in [-0.15, -0.1) is 12.4 Å². The number of fused-ring (bicyclic) bond motifs is 1. The van der Waals surface area contributed by atoms with Gasteiger partial charge in [0.15, 0.2) is 0 Å². The molecule has 10 heteroatoms. The minimum absolute atomic E-state index is 0. The standard InChI is InChI=1S/C12H12ClF3N2O2S.ClH/c13-6-1-2-10(9(3-6)12(14,15)16)21(19,20)18-11-7-4-17-5-8(7)11;/h1-3,7-8,11,17-18H,4-5H2;1H. The van der Waals surface area contributed by atoms with Gasteiger partial charge in [-0.3, -0.25) is 0 Å². The molecular weight excluding hydrogens is 364 g/mol. The molecule has 0 radical (unpaired) electrons. The Bertz CT molecular complexity index is 671. The molecular formula is C12H13Cl2F3N2O2S. The van der Waals surface area contributed by atoms with Gasteiger partial charge in [0.2, 0.25) is 10.0 Å². The van der Waals surface area contributed by atoms with Crippen LogP contribution in [-0.2, 0) is 16.2 Å². The summed E-state index contributed by atoms with van der Waals surface area (Å²) in [6.07, 6.45) is -4.78. The third-order valence-corrected chi connectivity index (χ3v) is 5.67. The molecule has 2 unspecified atom stereocenters. The van der Waals surface area contributed by atoms with Crippen LogP contribution in [0.2, 0.25) is 5.02 Å². The fourth-order valence-electron chi connectivity index (χ4n) is 2.79. The van der Waals surface area contributed by atoms with Gasteiger partial charge in [0.05, 0.1) is 10.5 Å². The first-order chi connectivity index (χ1) is 9.70. The van der Waals surface area contributed by atoms with Gasteiger partial charge in [0.1, 0.15) is 0 Å². The SMILES string of the molecule is Cl.O=S(=O)(NC1C2CNCC21)c1ccc(Cl)cc1C(F)(F)F. The Kier molecular flexibility index (Phi) is 4.72. The van der Waals surface area contributed by atoms with E-state index < -0.39 is 26.7 Å². The van der Waals surface area contributed by atoms with E-state index in [1.54, 1.807) is 0 Å².